The Kier molecular flexibility index (Phi) is 4.93. The summed E-state index contributed by atoms with van der Waals surface area (Å²) in [5.74, 6) is 1.95. The zero-order chi connectivity index (χ0) is 14.6. The molecule has 5 nitrogen and oxygen atoms in total. The van der Waals surface area contributed by atoms with Crippen molar-refractivity contribution in [2.24, 2.45) is 4.36 Å². The Morgan fingerprint density at radius 1 is 1.40 bits per heavy atom. The molecule has 1 heterocycles. The fourth-order valence-electron chi connectivity index (χ4n) is 1.88. The van der Waals surface area contributed by atoms with E-state index in [1.165, 1.54) is 0 Å². The van der Waals surface area contributed by atoms with Gasteiger partial charge in [0, 0.05) is 48.5 Å². The first-order valence-electron chi connectivity index (χ1n) is 6.37. The van der Waals surface area contributed by atoms with Gasteiger partial charge >= 0.3 is 6.03 Å². The Morgan fingerprint density at radius 3 is 2.75 bits per heavy atom. The molecule has 1 fully saturated rings. The van der Waals surface area contributed by atoms with Crippen molar-refractivity contribution in [1.82, 2.24) is 4.90 Å². The molecule has 0 saturated carbocycles. The molecule has 0 radical (unpaired) electrons. The molecule has 0 aromatic heterocycles. The van der Waals surface area contributed by atoms with Gasteiger partial charge in [0.05, 0.1) is 9.73 Å². The molecule has 1 atom stereocenters. The molecular weight excluding hydrogens is 294 g/mol. The van der Waals surface area contributed by atoms with Gasteiger partial charge < -0.3 is 10.2 Å². The van der Waals surface area contributed by atoms with Crippen molar-refractivity contribution in [3.63, 3.8) is 0 Å². The van der Waals surface area contributed by atoms with Gasteiger partial charge in [0.1, 0.15) is 0 Å². The van der Waals surface area contributed by atoms with Crippen LogP contribution < -0.4 is 5.32 Å². The van der Waals surface area contributed by atoms with E-state index in [-0.39, 0.29) is 6.03 Å². The molecule has 1 aliphatic heterocycles. The average Bonchev–Trinajstić information content (AvgIpc) is 2.48. The smallest absolute Gasteiger partial charge is 0.321 e. The molecule has 110 valence electrons. The number of carbonyl (C=O) groups is 1. The molecule has 1 unspecified atom stereocenters. The molecule has 1 saturated heterocycles. The van der Waals surface area contributed by atoms with Crippen molar-refractivity contribution in [3.8, 4) is 0 Å². The number of urea groups is 1. The number of amides is 2. The molecule has 2 rings (SSSR count). The van der Waals surface area contributed by atoms with Gasteiger partial charge in [-0.3, -0.25) is 0 Å². The van der Waals surface area contributed by atoms with E-state index in [1.807, 2.05) is 11.8 Å². The zero-order valence-electron chi connectivity index (χ0n) is 11.7. The Bertz CT molecular complexity index is 603. The summed E-state index contributed by atoms with van der Waals surface area (Å²) in [6.45, 7) is 1.54. The quantitative estimate of drug-likeness (QED) is 0.911. The topological polar surface area (TPSA) is 61.8 Å². The highest BCUT2D eigenvalue weighted by Gasteiger charge is 2.17. The van der Waals surface area contributed by atoms with Crippen LogP contribution in [0.15, 0.2) is 33.5 Å². The first kappa shape index (κ1) is 15.2. The van der Waals surface area contributed by atoms with E-state index in [1.54, 1.807) is 42.5 Å². The summed E-state index contributed by atoms with van der Waals surface area (Å²) in [5, 5.41) is 2.86. The molecular formula is C13H19N3O2S2. The van der Waals surface area contributed by atoms with Crippen LogP contribution in [0.2, 0.25) is 0 Å². The van der Waals surface area contributed by atoms with Crippen molar-refractivity contribution in [3.05, 3.63) is 24.3 Å². The molecule has 1 aromatic rings. The maximum absolute atomic E-state index is 12.2. The van der Waals surface area contributed by atoms with E-state index in [2.05, 4.69) is 9.68 Å². The highest BCUT2D eigenvalue weighted by molar-refractivity contribution is 7.99. The van der Waals surface area contributed by atoms with Gasteiger partial charge in [-0.1, -0.05) is 6.07 Å². The van der Waals surface area contributed by atoms with Crippen LogP contribution in [0.4, 0.5) is 10.5 Å². The van der Waals surface area contributed by atoms with Gasteiger partial charge in [-0.25, -0.2) is 13.4 Å². The number of nitrogens with one attached hydrogen (secondary N) is 1. The van der Waals surface area contributed by atoms with Gasteiger partial charge in [0.15, 0.2) is 0 Å². The van der Waals surface area contributed by atoms with Crippen LogP contribution in [0, 0.1) is 0 Å². The largest absolute Gasteiger partial charge is 0.323 e. The fourth-order valence-corrected chi connectivity index (χ4v) is 3.67. The lowest BCUT2D eigenvalue weighted by atomic mass is 10.3. The number of carbonyl (C=O) groups excluding carboxylic acids is 1. The van der Waals surface area contributed by atoms with Gasteiger partial charge in [-0.05, 0) is 18.2 Å². The van der Waals surface area contributed by atoms with Crippen molar-refractivity contribution >= 4 is 33.2 Å². The predicted molar refractivity (Wildman–Crippen MR) is 85.0 cm³/mol. The van der Waals surface area contributed by atoms with Gasteiger partial charge in [-0.15, -0.1) is 0 Å². The molecule has 0 aliphatic carbocycles. The van der Waals surface area contributed by atoms with Crippen molar-refractivity contribution in [2.45, 2.75) is 4.90 Å². The second kappa shape index (κ2) is 6.49. The third-order valence-corrected chi connectivity index (χ3v) is 5.94. The zero-order valence-corrected chi connectivity index (χ0v) is 13.3. The van der Waals surface area contributed by atoms with E-state index in [4.69, 9.17) is 0 Å². The second-order valence-electron chi connectivity index (χ2n) is 4.54. The Labute approximate surface area is 124 Å². The van der Waals surface area contributed by atoms with Crippen LogP contribution in [0.25, 0.3) is 0 Å². The standard InChI is InChI=1S/C13H19N3O2S2/c1-14-20(2,18)12-5-3-4-11(10-12)15-13(17)16-6-8-19-9-7-16/h3-5,10H,6-9H2,1-2H3,(H,15,17). The highest BCUT2D eigenvalue weighted by Crippen LogP contribution is 2.18. The Morgan fingerprint density at radius 2 is 2.10 bits per heavy atom. The predicted octanol–water partition coefficient (Wildman–Crippen LogP) is 2.35. The minimum Gasteiger partial charge on any atom is -0.323 e. The third-order valence-electron chi connectivity index (χ3n) is 3.17. The minimum absolute atomic E-state index is 0.0986. The van der Waals surface area contributed by atoms with E-state index in [0.717, 1.165) is 24.6 Å². The van der Waals surface area contributed by atoms with E-state index < -0.39 is 9.73 Å². The van der Waals surface area contributed by atoms with Crippen LogP contribution in [0.5, 0.6) is 0 Å². The van der Waals surface area contributed by atoms with Crippen molar-refractivity contribution < 1.29 is 9.00 Å². The molecule has 7 heteroatoms. The summed E-state index contributed by atoms with van der Waals surface area (Å²) in [4.78, 5) is 14.5. The maximum Gasteiger partial charge on any atom is 0.321 e. The number of anilines is 1. The number of benzene rings is 1. The van der Waals surface area contributed by atoms with Crippen LogP contribution in [0.3, 0.4) is 0 Å². The average molecular weight is 313 g/mol. The normalized spacial score (nSPS) is 18.2. The monoisotopic (exact) mass is 313 g/mol. The number of thioether (sulfide) groups is 1. The molecule has 0 spiro atoms. The lowest BCUT2D eigenvalue weighted by Crippen LogP contribution is -2.40. The lowest BCUT2D eigenvalue weighted by molar-refractivity contribution is 0.217. The first-order valence-corrected chi connectivity index (χ1v) is 9.45. The molecule has 0 bridgehead atoms. The fraction of sp³-hybridized carbons (Fsp3) is 0.462. The molecule has 2 amide bonds. The molecule has 20 heavy (non-hydrogen) atoms. The number of hydrogen-bond acceptors (Lipinski definition) is 4. The number of rotatable bonds is 2. The van der Waals surface area contributed by atoms with Crippen LogP contribution in [-0.4, -0.2) is 53.0 Å². The molecule has 1 N–H and O–H groups in total. The van der Waals surface area contributed by atoms with Crippen LogP contribution in [-0.2, 0) is 9.73 Å². The first-order chi connectivity index (χ1) is 9.53. The summed E-state index contributed by atoms with van der Waals surface area (Å²) < 4.78 is 16.1. The Balaban J connectivity index is 2.12. The van der Waals surface area contributed by atoms with Gasteiger partial charge in [0.2, 0.25) is 0 Å². The Hall–Kier alpha value is -1.21. The maximum atomic E-state index is 12.2. The molecule has 1 aliphatic rings. The summed E-state index contributed by atoms with van der Waals surface area (Å²) in [6.07, 6.45) is 1.59. The summed E-state index contributed by atoms with van der Waals surface area (Å²) in [7, 11) is -0.834. The van der Waals surface area contributed by atoms with E-state index >= 15 is 0 Å². The third kappa shape index (κ3) is 3.67. The van der Waals surface area contributed by atoms with E-state index in [0.29, 0.717) is 10.6 Å². The summed E-state index contributed by atoms with van der Waals surface area (Å²) >= 11 is 1.86. The number of nitrogens with zero attached hydrogens (tertiary/aromatic N) is 2. The highest BCUT2D eigenvalue weighted by atomic mass is 32.2. The van der Waals surface area contributed by atoms with Crippen LogP contribution in [0.1, 0.15) is 0 Å². The SMILES string of the molecule is CN=S(C)(=O)c1cccc(NC(=O)N2CCSCC2)c1. The summed E-state index contributed by atoms with van der Waals surface area (Å²) in [5.41, 5.74) is 0.656. The number of hydrogen-bond donors (Lipinski definition) is 1. The van der Waals surface area contributed by atoms with Gasteiger partial charge in [-0.2, -0.15) is 11.8 Å². The van der Waals surface area contributed by atoms with Crippen molar-refractivity contribution in [1.29, 1.82) is 0 Å². The minimum atomic E-state index is -2.37. The van der Waals surface area contributed by atoms with E-state index in [9.17, 15) is 9.00 Å². The van der Waals surface area contributed by atoms with Crippen molar-refractivity contribution in [2.75, 3.05) is 43.2 Å². The van der Waals surface area contributed by atoms with Crippen LogP contribution >= 0.6 is 11.8 Å². The molecule has 1 aromatic carbocycles. The summed E-state index contributed by atoms with van der Waals surface area (Å²) in [6, 6.07) is 6.98. The second-order valence-corrected chi connectivity index (χ2v) is 8.21. The van der Waals surface area contributed by atoms with Gasteiger partial charge in [0.25, 0.3) is 0 Å². The lowest BCUT2D eigenvalue weighted by Gasteiger charge is -2.26.